The van der Waals surface area contributed by atoms with Crippen LogP contribution in [0.25, 0.3) is 0 Å². The van der Waals surface area contributed by atoms with Crippen LogP contribution in [0.4, 0.5) is 4.79 Å². The van der Waals surface area contributed by atoms with Gasteiger partial charge in [0.25, 0.3) is 0 Å². The molecule has 0 bridgehead atoms. The van der Waals surface area contributed by atoms with Gasteiger partial charge in [0.15, 0.2) is 0 Å². The van der Waals surface area contributed by atoms with Crippen LogP contribution in [0.1, 0.15) is 25.7 Å². The lowest BCUT2D eigenvalue weighted by Gasteiger charge is -2.16. The summed E-state index contributed by atoms with van der Waals surface area (Å²) in [6, 6.07) is 0.598. The van der Waals surface area contributed by atoms with Gasteiger partial charge in [-0.15, -0.1) is 0 Å². The van der Waals surface area contributed by atoms with E-state index in [9.17, 15) is 4.79 Å². The van der Waals surface area contributed by atoms with Crippen LogP contribution in [0.3, 0.4) is 0 Å². The second kappa shape index (κ2) is 4.31. The molecule has 0 aromatic rings. The minimum absolute atomic E-state index is 0.0209. The van der Waals surface area contributed by atoms with Gasteiger partial charge in [-0.3, -0.25) is 0 Å². The summed E-state index contributed by atoms with van der Waals surface area (Å²) in [5.74, 6) is 0. The van der Waals surface area contributed by atoms with E-state index in [2.05, 4.69) is 34.9 Å². The number of nitrogens with one attached hydrogen (secondary N) is 2. The first-order chi connectivity index (χ1) is 6.84. The van der Waals surface area contributed by atoms with E-state index < -0.39 is 0 Å². The van der Waals surface area contributed by atoms with E-state index in [1.807, 2.05) is 0 Å². The molecule has 0 atom stereocenters. The average molecular weight is 192 g/mol. The van der Waals surface area contributed by atoms with Gasteiger partial charge in [-0.05, 0) is 25.7 Å². The van der Waals surface area contributed by atoms with Crippen LogP contribution in [0.15, 0.2) is 24.3 Å². The Morgan fingerprint density at radius 1 is 0.857 bits per heavy atom. The average Bonchev–Trinajstić information content (AvgIpc) is 2.76. The van der Waals surface area contributed by atoms with Gasteiger partial charge in [0.2, 0.25) is 0 Å². The first kappa shape index (κ1) is 9.31. The van der Waals surface area contributed by atoms with Crippen molar-refractivity contribution in [3.63, 3.8) is 0 Å². The number of carbonyl (C=O) groups is 1. The number of urea groups is 1. The number of hydrogen-bond acceptors (Lipinski definition) is 1. The fourth-order valence-corrected chi connectivity index (χ4v) is 1.88. The molecule has 3 nitrogen and oxygen atoms in total. The number of rotatable bonds is 2. The Morgan fingerprint density at radius 3 is 1.57 bits per heavy atom. The zero-order valence-corrected chi connectivity index (χ0v) is 8.20. The fraction of sp³-hybridized carbons (Fsp3) is 0.545. The summed E-state index contributed by atoms with van der Waals surface area (Å²) in [7, 11) is 0. The Kier molecular flexibility index (Phi) is 2.87. The molecule has 2 rings (SSSR count). The Labute approximate surface area is 84.3 Å². The first-order valence-electron chi connectivity index (χ1n) is 5.21. The third kappa shape index (κ3) is 2.37. The van der Waals surface area contributed by atoms with Crippen molar-refractivity contribution in [2.24, 2.45) is 0 Å². The highest BCUT2D eigenvalue weighted by Crippen LogP contribution is 2.10. The van der Waals surface area contributed by atoms with E-state index in [-0.39, 0.29) is 6.03 Å². The molecular weight excluding hydrogens is 176 g/mol. The maximum absolute atomic E-state index is 11.5. The van der Waals surface area contributed by atoms with Crippen molar-refractivity contribution >= 4 is 6.03 Å². The van der Waals surface area contributed by atoms with Crippen molar-refractivity contribution in [1.29, 1.82) is 0 Å². The summed E-state index contributed by atoms with van der Waals surface area (Å²) in [6.45, 7) is 0. The molecule has 0 saturated heterocycles. The molecule has 2 aliphatic carbocycles. The normalized spacial score (nSPS) is 21.7. The van der Waals surface area contributed by atoms with Crippen molar-refractivity contribution < 1.29 is 4.79 Å². The third-order valence-corrected chi connectivity index (χ3v) is 2.69. The Hall–Kier alpha value is -1.25. The van der Waals surface area contributed by atoms with Gasteiger partial charge in [0, 0.05) is 12.1 Å². The van der Waals surface area contributed by atoms with E-state index in [1.54, 1.807) is 0 Å². The highest BCUT2D eigenvalue weighted by Gasteiger charge is 2.16. The summed E-state index contributed by atoms with van der Waals surface area (Å²) < 4.78 is 0. The number of amides is 2. The molecule has 0 aromatic carbocycles. The predicted octanol–water partition coefficient (Wildman–Crippen LogP) is 1.72. The smallest absolute Gasteiger partial charge is 0.315 e. The van der Waals surface area contributed by atoms with E-state index in [0.29, 0.717) is 12.1 Å². The SMILES string of the molecule is O=C(NC1CC=CC1)NC1CC=CC1. The Morgan fingerprint density at radius 2 is 1.21 bits per heavy atom. The van der Waals surface area contributed by atoms with Crippen molar-refractivity contribution in [2.75, 3.05) is 0 Å². The molecule has 0 saturated carbocycles. The predicted molar refractivity (Wildman–Crippen MR) is 56.0 cm³/mol. The van der Waals surface area contributed by atoms with Gasteiger partial charge in [-0.1, -0.05) is 24.3 Å². The van der Waals surface area contributed by atoms with Crippen LogP contribution in [-0.4, -0.2) is 18.1 Å². The van der Waals surface area contributed by atoms with Gasteiger partial charge in [0.05, 0.1) is 0 Å². The Bertz CT molecular complexity index is 228. The van der Waals surface area contributed by atoms with Crippen LogP contribution >= 0.6 is 0 Å². The molecule has 0 radical (unpaired) electrons. The first-order valence-corrected chi connectivity index (χ1v) is 5.21. The number of carbonyl (C=O) groups excluding carboxylic acids is 1. The molecule has 2 amide bonds. The molecule has 14 heavy (non-hydrogen) atoms. The van der Waals surface area contributed by atoms with Crippen LogP contribution in [0.5, 0.6) is 0 Å². The minimum atomic E-state index is -0.0209. The lowest BCUT2D eigenvalue weighted by atomic mass is 10.2. The second-order valence-electron chi connectivity index (χ2n) is 3.90. The van der Waals surface area contributed by atoms with Gasteiger partial charge in [0.1, 0.15) is 0 Å². The van der Waals surface area contributed by atoms with Crippen molar-refractivity contribution in [3.05, 3.63) is 24.3 Å². The molecule has 0 spiro atoms. The van der Waals surface area contributed by atoms with Crippen molar-refractivity contribution in [3.8, 4) is 0 Å². The topological polar surface area (TPSA) is 41.1 Å². The largest absolute Gasteiger partial charge is 0.335 e. The zero-order chi connectivity index (χ0) is 9.80. The monoisotopic (exact) mass is 192 g/mol. The highest BCUT2D eigenvalue weighted by atomic mass is 16.2. The second-order valence-corrected chi connectivity index (χ2v) is 3.90. The van der Waals surface area contributed by atoms with Gasteiger partial charge >= 0.3 is 6.03 Å². The molecule has 2 aliphatic rings. The summed E-state index contributed by atoms with van der Waals surface area (Å²) in [4.78, 5) is 11.5. The van der Waals surface area contributed by atoms with Gasteiger partial charge in [-0.25, -0.2) is 4.79 Å². The number of hydrogen-bond donors (Lipinski definition) is 2. The van der Waals surface area contributed by atoms with Crippen LogP contribution in [0, 0.1) is 0 Å². The summed E-state index contributed by atoms with van der Waals surface area (Å²) in [5, 5.41) is 5.93. The summed E-state index contributed by atoms with van der Waals surface area (Å²) >= 11 is 0. The summed E-state index contributed by atoms with van der Waals surface area (Å²) in [6.07, 6.45) is 12.3. The lowest BCUT2D eigenvalue weighted by molar-refractivity contribution is 0.234. The van der Waals surface area contributed by atoms with Crippen LogP contribution < -0.4 is 10.6 Å². The molecular formula is C11H16N2O. The summed E-state index contributed by atoms with van der Waals surface area (Å²) in [5.41, 5.74) is 0. The van der Waals surface area contributed by atoms with Gasteiger partial charge in [-0.2, -0.15) is 0 Å². The van der Waals surface area contributed by atoms with Crippen LogP contribution in [0.2, 0.25) is 0 Å². The lowest BCUT2D eigenvalue weighted by Crippen LogP contribution is -2.44. The van der Waals surface area contributed by atoms with Crippen molar-refractivity contribution in [2.45, 2.75) is 37.8 Å². The third-order valence-electron chi connectivity index (χ3n) is 2.69. The minimum Gasteiger partial charge on any atom is -0.335 e. The van der Waals surface area contributed by atoms with Crippen molar-refractivity contribution in [1.82, 2.24) is 10.6 Å². The molecule has 0 aliphatic heterocycles. The van der Waals surface area contributed by atoms with E-state index in [1.165, 1.54) is 0 Å². The molecule has 2 N–H and O–H groups in total. The van der Waals surface area contributed by atoms with Gasteiger partial charge < -0.3 is 10.6 Å². The molecule has 3 heteroatoms. The van der Waals surface area contributed by atoms with E-state index >= 15 is 0 Å². The zero-order valence-electron chi connectivity index (χ0n) is 8.20. The molecule has 0 heterocycles. The highest BCUT2D eigenvalue weighted by molar-refractivity contribution is 5.74. The van der Waals surface area contributed by atoms with E-state index in [4.69, 9.17) is 0 Å². The maximum Gasteiger partial charge on any atom is 0.315 e. The quantitative estimate of drug-likeness (QED) is 0.643. The molecule has 76 valence electrons. The molecule has 0 aromatic heterocycles. The Balaban J connectivity index is 1.68. The standard InChI is InChI=1S/C11H16N2O/c14-11(12-9-5-1-2-6-9)13-10-7-3-4-8-10/h1-4,9-10H,5-8H2,(H2,12,13,14). The van der Waals surface area contributed by atoms with Crippen LogP contribution in [-0.2, 0) is 0 Å². The van der Waals surface area contributed by atoms with E-state index in [0.717, 1.165) is 25.7 Å². The molecule has 0 unspecified atom stereocenters. The molecule has 0 fully saturated rings. The fourth-order valence-electron chi connectivity index (χ4n) is 1.88. The maximum atomic E-state index is 11.5.